The monoisotopic (exact) mass is 311 g/mol. The molecule has 3 aromatic rings. The van der Waals surface area contributed by atoms with Crippen molar-refractivity contribution < 1.29 is 0 Å². The Morgan fingerprint density at radius 2 is 2.24 bits per heavy atom. The van der Waals surface area contributed by atoms with Crippen LogP contribution in [0.25, 0.3) is 12.2 Å². The average Bonchev–Trinajstić information content (AvgIpc) is 3.17. The zero-order chi connectivity index (χ0) is 14.5. The average molecular weight is 311 g/mol. The lowest BCUT2D eigenvalue weighted by Gasteiger charge is -1.96. The second-order valence-electron chi connectivity index (χ2n) is 3.92. The van der Waals surface area contributed by atoms with Crippen LogP contribution < -0.4 is 0 Å². The highest BCUT2D eigenvalue weighted by Crippen LogP contribution is 2.25. The molecule has 3 heterocycles. The zero-order valence-electron chi connectivity index (χ0n) is 10.7. The van der Waals surface area contributed by atoms with Gasteiger partial charge in [0.15, 0.2) is 0 Å². The lowest BCUT2D eigenvalue weighted by Crippen LogP contribution is -1.86. The van der Waals surface area contributed by atoms with Crippen molar-refractivity contribution in [3.05, 3.63) is 52.1 Å². The minimum absolute atomic E-state index is 0.517. The molecule has 0 aliphatic carbocycles. The van der Waals surface area contributed by atoms with Gasteiger partial charge < -0.3 is 0 Å². The van der Waals surface area contributed by atoms with Crippen LogP contribution in [-0.4, -0.2) is 20.2 Å². The lowest BCUT2D eigenvalue weighted by molar-refractivity contribution is 0.965. The lowest BCUT2D eigenvalue weighted by atomic mass is 10.3. The molecule has 0 aliphatic heterocycles. The summed E-state index contributed by atoms with van der Waals surface area (Å²) in [5, 5.41) is 19.2. The molecule has 0 atom stereocenters. The minimum Gasteiger partial charge on any atom is -0.259 e. The molecule has 3 aromatic heterocycles. The fraction of sp³-hybridized carbons (Fsp3) is 0. The van der Waals surface area contributed by atoms with Gasteiger partial charge in [-0.05, 0) is 47.5 Å². The van der Waals surface area contributed by atoms with E-state index in [0.29, 0.717) is 21.6 Å². The minimum atomic E-state index is 0.517. The summed E-state index contributed by atoms with van der Waals surface area (Å²) >= 11 is 2.92. The zero-order valence-corrected chi connectivity index (χ0v) is 12.4. The SMILES string of the molecule is N#Cc1cccnc1Sc1n[nH]c(/C=C/c2cccs2)n1. The van der Waals surface area contributed by atoms with Crippen molar-refractivity contribution in [2.24, 2.45) is 0 Å². The highest BCUT2D eigenvalue weighted by atomic mass is 32.2. The number of aromatic amines is 1. The van der Waals surface area contributed by atoms with Crippen LogP contribution >= 0.6 is 23.1 Å². The van der Waals surface area contributed by atoms with Gasteiger partial charge in [-0.25, -0.2) is 9.97 Å². The molecule has 0 fully saturated rings. The third-order valence-electron chi connectivity index (χ3n) is 2.51. The molecule has 0 unspecified atom stereocenters. The highest BCUT2D eigenvalue weighted by Gasteiger charge is 2.08. The maximum absolute atomic E-state index is 9.03. The summed E-state index contributed by atoms with van der Waals surface area (Å²) < 4.78 is 0. The summed E-state index contributed by atoms with van der Waals surface area (Å²) in [5.74, 6) is 0.667. The molecular weight excluding hydrogens is 302 g/mol. The van der Waals surface area contributed by atoms with Gasteiger partial charge >= 0.3 is 0 Å². The number of nitriles is 1. The highest BCUT2D eigenvalue weighted by molar-refractivity contribution is 7.99. The Hall–Kier alpha value is -2.43. The van der Waals surface area contributed by atoms with E-state index >= 15 is 0 Å². The molecule has 0 saturated carbocycles. The summed E-state index contributed by atoms with van der Waals surface area (Å²) in [5.41, 5.74) is 0.517. The smallest absolute Gasteiger partial charge is 0.215 e. The number of nitrogens with zero attached hydrogens (tertiary/aromatic N) is 4. The molecule has 0 bridgehead atoms. The van der Waals surface area contributed by atoms with Gasteiger partial charge in [-0.1, -0.05) is 6.07 Å². The maximum Gasteiger partial charge on any atom is 0.215 e. The van der Waals surface area contributed by atoms with E-state index < -0.39 is 0 Å². The van der Waals surface area contributed by atoms with Crippen LogP contribution in [-0.2, 0) is 0 Å². The third kappa shape index (κ3) is 3.37. The van der Waals surface area contributed by atoms with E-state index in [2.05, 4.69) is 26.2 Å². The Bertz CT molecular complexity index is 799. The summed E-state index contributed by atoms with van der Waals surface area (Å²) in [7, 11) is 0. The molecule has 3 rings (SSSR count). The number of thiophene rings is 1. The number of H-pyrrole nitrogens is 1. The molecular formula is C14H9N5S2. The van der Waals surface area contributed by atoms with Crippen LogP contribution in [0.2, 0.25) is 0 Å². The molecule has 0 aromatic carbocycles. The fourth-order valence-electron chi connectivity index (χ4n) is 1.57. The van der Waals surface area contributed by atoms with Crippen LogP contribution in [0, 0.1) is 11.3 Å². The Kier molecular flexibility index (Phi) is 4.09. The first kappa shape index (κ1) is 13.5. The Morgan fingerprint density at radius 1 is 1.29 bits per heavy atom. The van der Waals surface area contributed by atoms with E-state index in [0.717, 1.165) is 4.88 Å². The molecule has 5 nitrogen and oxygen atoms in total. The number of hydrogen-bond acceptors (Lipinski definition) is 6. The van der Waals surface area contributed by atoms with Gasteiger partial charge in [0.05, 0.1) is 5.56 Å². The van der Waals surface area contributed by atoms with Crippen molar-refractivity contribution >= 4 is 35.3 Å². The predicted octanol–water partition coefficient (Wildman–Crippen LogP) is 3.45. The predicted molar refractivity (Wildman–Crippen MR) is 82.7 cm³/mol. The standard InChI is InChI=1S/C14H9N5S2/c15-9-10-3-1-7-16-13(10)21-14-17-12(18-19-14)6-5-11-4-2-8-20-11/h1-8H,(H,17,18,19)/b6-5+. The van der Waals surface area contributed by atoms with Crippen LogP contribution in [0.3, 0.4) is 0 Å². The van der Waals surface area contributed by atoms with Crippen LogP contribution in [0.1, 0.15) is 16.3 Å². The Morgan fingerprint density at radius 3 is 3.05 bits per heavy atom. The van der Waals surface area contributed by atoms with E-state index in [-0.39, 0.29) is 0 Å². The summed E-state index contributed by atoms with van der Waals surface area (Å²) in [6, 6.07) is 9.58. The summed E-state index contributed by atoms with van der Waals surface area (Å²) in [6.45, 7) is 0. The van der Waals surface area contributed by atoms with E-state index in [9.17, 15) is 0 Å². The molecule has 0 amide bonds. The van der Waals surface area contributed by atoms with Crippen LogP contribution in [0.15, 0.2) is 46.0 Å². The second-order valence-corrected chi connectivity index (χ2v) is 5.86. The number of nitrogens with one attached hydrogen (secondary N) is 1. The van der Waals surface area contributed by atoms with E-state index in [4.69, 9.17) is 5.26 Å². The number of rotatable bonds is 4. The molecule has 0 aliphatic rings. The van der Waals surface area contributed by atoms with Gasteiger partial charge in [-0.3, -0.25) is 5.10 Å². The normalized spacial score (nSPS) is 10.8. The molecule has 0 spiro atoms. The quantitative estimate of drug-likeness (QED) is 0.798. The molecule has 21 heavy (non-hydrogen) atoms. The van der Waals surface area contributed by atoms with E-state index in [1.807, 2.05) is 29.7 Å². The van der Waals surface area contributed by atoms with Gasteiger partial charge in [-0.2, -0.15) is 5.26 Å². The molecule has 7 heteroatoms. The number of hydrogen-bond donors (Lipinski definition) is 1. The first-order chi connectivity index (χ1) is 10.3. The number of aromatic nitrogens is 4. The van der Waals surface area contributed by atoms with Crippen molar-refractivity contribution in [1.29, 1.82) is 5.26 Å². The first-order valence-electron chi connectivity index (χ1n) is 6.02. The van der Waals surface area contributed by atoms with Crippen molar-refractivity contribution in [2.45, 2.75) is 10.2 Å². The van der Waals surface area contributed by atoms with Crippen molar-refractivity contribution in [2.75, 3.05) is 0 Å². The van der Waals surface area contributed by atoms with Crippen molar-refractivity contribution in [3.63, 3.8) is 0 Å². The Labute approximate surface area is 129 Å². The maximum atomic E-state index is 9.03. The van der Waals surface area contributed by atoms with Crippen molar-refractivity contribution in [1.82, 2.24) is 20.2 Å². The fourth-order valence-corrected chi connectivity index (χ4v) is 2.93. The first-order valence-corrected chi connectivity index (χ1v) is 7.72. The summed E-state index contributed by atoms with van der Waals surface area (Å²) in [6.07, 6.45) is 5.49. The molecule has 1 N–H and O–H groups in total. The van der Waals surface area contributed by atoms with E-state index in [1.165, 1.54) is 11.8 Å². The summed E-state index contributed by atoms with van der Waals surface area (Å²) in [4.78, 5) is 9.67. The van der Waals surface area contributed by atoms with Crippen molar-refractivity contribution in [3.8, 4) is 6.07 Å². The van der Waals surface area contributed by atoms with Crippen LogP contribution in [0.5, 0.6) is 0 Å². The topological polar surface area (TPSA) is 78.2 Å². The van der Waals surface area contributed by atoms with Crippen LogP contribution in [0.4, 0.5) is 0 Å². The van der Waals surface area contributed by atoms with Gasteiger partial charge in [0, 0.05) is 11.1 Å². The molecule has 0 radical (unpaired) electrons. The van der Waals surface area contributed by atoms with Gasteiger partial charge in [0.2, 0.25) is 5.16 Å². The molecule has 102 valence electrons. The Balaban J connectivity index is 1.75. The molecule has 0 saturated heterocycles. The van der Waals surface area contributed by atoms with Gasteiger partial charge in [0.1, 0.15) is 16.9 Å². The third-order valence-corrected chi connectivity index (χ3v) is 4.23. The second kappa shape index (κ2) is 6.35. The van der Waals surface area contributed by atoms with Gasteiger partial charge in [0.25, 0.3) is 0 Å². The largest absolute Gasteiger partial charge is 0.259 e. The van der Waals surface area contributed by atoms with E-state index in [1.54, 1.807) is 29.7 Å². The number of pyridine rings is 1. The van der Waals surface area contributed by atoms with Gasteiger partial charge in [-0.15, -0.1) is 16.4 Å².